The summed E-state index contributed by atoms with van der Waals surface area (Å²) in [6.07, 6.45) is 0. The van der Waals surface area contributed by atoms with Crippen LogP contribution < -0.4 is 10.6 Å². The van der Waals surface area contributed by atoms with Crippen LogP contribution in [0, 0.1) is 11.3 Å². The van der Waals surface area contributed by atoms with Crippen molar-refractivity contribution in [3.8, 4) is 6.07 Å². The molecule has 4 nitrogen and oxygen atoms in total. The normalized spacial score (nSPS) is 9.92. The van der Waals surface area contributed by atoms with E-state index < -0.39 is 0 Å². The first-order chi connectivity index (χ1) is 12.2. The molecule has 3 aromatic carbocycles. The predicted molar refractivity (Wildman–Crippen MR) is 103 cm³/mol. The fourth-order valence-corrected chi connectivity index (χ4v) is 2.79. The maximum absolute atomic E-state index is 12.3. The number of carbonyl (C=O) groups excluding carboxylic acids is 1. The van der Waals surface area contributed by atoms with Gasteiger partial charge in [0.15, 0.2) is 0 Å². The predicted octanol–water partition coefficient (Wildman–Crippen LogP) is 5.32. The number of nitrogens with zero attached hydrogens (tertiary/aromatic N) is 1. The van der Waals surface area contributed by atoms with Crippen LogP contribution in [0.2, 0.25) is 0 Å². The maximum Gasteiger partial charge on any atom is 0.256 e. The highest BCUT2D eigenvalue weighted by molar-refractivity contribution is 9.10. The molecule has 0 saturated carbocycles. The number of carbonyl (C=O) groups is 1. The summed E-state index contributed by atoms with van der Waals surface area (Å²) in [6.45, 7) is 0. The average molecular weight is 392 g/mol. The Kier molecular flexibility index (Phi) is 5.12. The first-order valence-electron chi connectivity index (χ1n) is 7.59. The van der Waals surface area contributed by atoms with Gasteiger partial charge in [-0.05, 0) is 64.5 Å². The molecule has 0 radical (unpaired) electrons. The van der Waals surface area contributed by atoms with E-state index in [9.17, 15) is 4.79 Å². The number of amides is 1. The van der Waals surface area contributed by atoms with E-state index >= 15 is 0 Å². The van der Waals surface area contributed by atoms with Crippen molar-refractivity contribution in [1.29, 1.82) is 5.26 Å². The molecule has 5 heteroatoms. The number of halogens is 1. The molecule has 25 heavy (non-hydrogen) atoms. The number of benzene rings is 3. The minimum atomic E-state index is -0.178. The highest BCUT2D eigenvalue weighted by Crippen LogP contribution is 2.23. The van der Waals surface area contributed by atoms with Crippen molar-refractivity contribution in [2.75, 3.05) is 10.6 Å². The number of rotatable bonds is 4. The number of para-hydroxylation sites is 1. The number of hydrogen-bond donors (Lipinski definition) is 2. The minimum absolute atomic E-state index is 0.178. The molecule has 0 fully saturated rings. The van der Waals surface area contributed by atoms with E-state index in [1.807, 2.05) is 60.7 Å². The molecular formula is C20H14BrN3O. The second-order valence-corrected chi connectivity index (χ2v) is 6.15. The molecule has 0 unspecified atom stereocenters. The van der Waals surface area contributed by atoms with Crippen LogP contribution >= 0.6 is 15.9 Å². The second kappa shape index (κ2) is 7.65. The lowest BCUT2D eigenvalue weighted by Gasteiger charge is -2.10. The fraction of sp³-hybridized carbons (Fsp3) is 0. The van der Waals surface area contributed by atoms with E-state index in [-0.39, 0.29) is 5.91 Å². The lowest BCUT2D eigenvalue weighted by atomic mass is 10.2. The van der Waals surface area contributed by atoms with Crippen molar-refractivity contribution < 1.29 is 4.79 Å². The van der Waals surface area contributed by atoms with Gasteiger partial charge in [0.05, 0.1) is 16.8 Å². The van der Waals surface area contributed by atoms with E-state index in [4.69, 9.17) is 5.26 Å². The molecule has 0 aliphatic rings. The van der Waals surface area contributed by atoms with E-state index in [0.29, 0.717) is 16.8 Å². The summed E-state index contributed by atoms with van der Waals surface area (Å²) in [5.41, 5.74) is 3.43. The molecule has 3 aromatic rings. The van der Waals surface area contributed by atoms with Crippen LogP contribution in [0.1, 0.15) is 15.9 Å². The molecule has 1 amide bonds. The Labute approximate surface area is 154 Å². The average Bonchev–Trinajstić information content (AvgIpc) is 2.64. The lowest BCUT2D eigenvalue weighted by Crippen LogP contribution is -2.12. The van der Waals surface area contributed by atoms with Crippen LogP contribution in [0.15, 0.2) is 77.3 Å². The van der Waals surface area contributed by atoms with Crippen molar-refractivity contribution in [3.63, 3.8) is 0 Å². The van der Waals surface area contributed by atoms with Crippen LogP contribution in [0.4, 0.5) is 17.1 Å². The molecule has 0 bridgehead atoms. The Morgan fingerprint density at radius 2 is 1.52 bits per heavy atom. The number of nitriles is 1. The first-order valence-corrected chi connectivity index (χ1v) is 8.39. The third kappa shape index (κ3) is 4.06. The van der Waals surface area contributed by atoms with Crippen LogP contribution in [-0.4, -0.2) is 5.91 Å². The Bertz CT molecular complexity index is 946. The molecule has 0 saturated heterocycles. The van der Waals surface area contributed by atoms with Gasteiger partial charge in [-0.15, -0.1) is 0 Å². The molecule has 0 aromatic heterocycles. The van der Waals surface area contributed by atoms with Crippen molar-refractivity contribution in [2.24, 2.45) is 0 Å². The van der Waals surface area contributed by atoms with E-state index in [0.717, 1.165) is 15.8 Å². The maximum atomic E-state index is 12.3. The molecule has 2 N–H and O–H groups in total. The fourth-order valence-electron chi connectivity index (χ4n) is 2.33. The molecule has 0 atom stereocenters. The highest BCUT2D eigenvalue weighted by Gasteiger charge is 2.09. The first kappa shape index (κ1) is 16.7. The van der Waals surface area contributed by atoms with Gasteiger partial charge in [-0.2, -0.15) is 5.26 Å². The quantitative estimate of drug-likeness (QED) is 0.632. The summed E-state index contributed by atoms with van der Waals surface area (Å²) < 4.78 is 0.749. The van der Waals surface area contributed by atoms with Gasteiger partial charge < -0.3 is 10.6 Å². The number of nitrogens with one attached hydrogen (secondary N) is 2. The monoisotopic (exact) mass is 391 g/mol. The van der Waals surface area contributed by atoms with Crippen molar-refractivity contribution in [2.45, 2.75) is 0 Å². The van der Waals surface area contributed by atoms with Gasteiger partial charge in [0, 0.05) is 15.8 Å². The van der Waals surface area contributed by atoms with Gasteiger partial charge in [-0.25, -0.2) is 0 Å². The third-order valence-corrected chi connectivity index (χ3v) is 4.28. The lowest BCUT2D eigenvalue weighted by molar-refractivity contribution is 0.102. The molecule has 0 aliphatic heterocycles. The summed E-state index contributed by atoms with van der Waals surface area (Å²) in [4.78, 5) is 12.3. The van der Waals surface area contributed by atoms with Crippen molar-refractivity contribution in [3.05, 3.63) is 88.4 Å². The van der Waals surface area contributed by atoms with Crippen LogP contribution in [-0.2, 0) is 0 Å². The zero-order valence-electron chi connectivity index (χ0n) is 13.2. The summed E-state index contributed by atoms with van der Waals surface area (Å²) in [6, 6.07) is 24.0. The van der Waals surface area contributed by atoms with Crippen LogP contribution in [0.3, 0.4) is 0 Å². The van der Waals surface area contributed by atoms with Gasteiger partial charge in [-0.3, -0.25) is 4.79 Å². The molecule has 0 spiro atoms. The summed E-state index contributed by atoms with van der Waals surface area (Å²) in [7, 11) is 0. The smallest absolute Gasteiger partial charge is 0.256 e. The zero-order chi connectivity index (χ0) is 17.6. The van der Waals surface area contributed by atoms with Crippen LogP contribution in [0.25, 0.3) is 0 Å². The van der Waals surface area contributed by atoms with Gasteiger partial charge in [-0.1, -0.05) is 24.3 Å². The Morgan fingerprint density at radius 1 is 0.880 bits per heavy atom. The number of anilines is 3. The van der Waals surface area contributed by atoms with Gasteiger partial charge in [0.1, 0.15) is 6.07 Å². The standard InChI is InChI=1S/C20H14BrN3O/c21-18-7-3-2-6-17(18)20(25)24-16-11-9-15(10-12-16)23-19-8-4-1-5-14(19)13-22/h1-12,23H,(H,24,25). The Morgan fingerprint density at radius 3 is 2.24 bits per heavy atom. The topological polar surface area (TPSA) is 64.9 Å². The SMILES string of the molecule is N#Cc1ccccc1Nc1ccc(NC(=O)c2ccccc2Br)cc1. The highest BCUT2D eigenvalue weighted by atomic mass is 79.9. The summed E-state index contributed by atoms with van der Waals surface area (Å²) in [5, 5.41) is 15.2. The molecule has 0 aliphatic carbocycles. The summed E-state index contributed by atoms with van der Waals surface area (Å²) in [5.74, 6) is -0.178. The number of hydrogen-bond acceptors (Lipinski definition) is 3. The van der Waals surface area contributed by atoms with Crippen molar-refractivity contribution in [1.82, 2.24) is 0 Å². The zero-order valence-corrected chi connectivity index (χ0v) is 14.7. The molecule has 0 heterocycles. The molecule has 3 rings (SSSR count). The summed E-state index contributed by atoms with van der Waals surface area (Å²) >= 11 is 3.38. The van der Waals surface area contributed by atoms with Gasteiger partial charge >= 0.3 is 0 Å². The Hall–Kier alpha value is -3.10. The van der Waals surface area contributed by atoms with Crippen molar-refractivity contribution >= 4 is 38.9 Å². The van der Waals surface area contributed by atoms with E-state index in [1.54, 1.807) is 12.1 Å². The van der Waals surface area contributed by atoms with Crippen LogP contribution in [0.5, 0.6) is 0 Å². The van der Waals surface area contributed by atoms with E-state index in [1.165, 1.54) is 0 Å². The van der Waals surface area contributed by atoms with E-state index in [2.05, 4.69) is 32.6 Å². The molecular weight excluding hydrogens is 378 g/mol. The molecule has 122 valence electrons. The van der Waals surface area contributed by atoms with Gasteiger partial charge in [0.25, 0.3) is 5.91 Å². The minimum Gasteiger partial charge on any atom is -0.354 e. The third-order valence-electron chi connectivity index (χ3n) is 3.59. The largest absolute Gasteiger partial charge is 0.354 e. The Balaban J connectivity index is 1.72. The second-order valence-electron chi connectivity index (χ2n) is 5.29. The van der Waals surface area contributed by atoms with Gasteiger partial charge in [0.2, 0.25) is 0 Å².